The van der Waals surface area contributed by atoms with Crippen LogP contribution >= 0.6 is 0 Å². The second-order valence-corrected chi connectivity index (χ2v) is 7.54. The number of morpholine rings is 1. The first-order chi connectivity index (χ1) is 15.3. The zero-order valence-electron chi connectivity index (χ0n) is 17.0. The van der Waals surface area contributed by atoms with E-state index in [9.17, 15) is 4.79 Å². The summed E-state index contributed by atoms with van der Waals surface area (Å²) in [6, 6.07) is 13.6. The van der Waals surface area contributed by atoms with Crippen molar-refractivity contribution in [1.29, 1.82) is 0 Å². The Balaban J connectivity index is 1.32. The van der Waals surface area contributed by atoms with Crippen LogP contribution in [0.4, 0.5) is 0 Å². The van der Waals surface area contributed by atoms with Crippen LogP contribution in [0.2, 0.25) is 0 Å². The van der Waals surface area contributed by atoms with Gasteiger partial charge in [-0.2, -0.15) is 0 Å². The van der Waals surface area contributed by atoms with E-state index in [0.717, 1.165) is 46.4 Å². The number of amides is 1. The fourth-order valence-corrected chi connectivity index (χ4v) is 3.80. The highest BCUT2D eigenvalue weighted by atomic mass is 16.5. The summed E-state index contributed by atoms with van der Waals surface area (Å²) < 4.78 is 5.78. The number of hydrogen-bond donors (Lipinski definition) is 3. The lowest BCUT2D eigenvalue weighted by Crippen LogP contribution is -2.33. The SMILES string of the molecule is O=C(NCc1cccnc1)c1ccc2c(-c3ccc(C4CNCCO4)nc3)c[nH]c2c1. The van der Waals surface area contributed by atoms with Crippen molar-refractivity contribution in [2.24, 2.45) is 0 Å². The smallest absolute Gasteiger partial charge is 0.251 e. The molecule has 1 unspecified atom stereocenters. The first-order valence-electron chi connectivity index (χ1n) is 10.3. The normalized spacial score (nSPS) is 16.3. The molecule has 3 aromatic heterocycles. The third kappa shape index (κ3) is 4.19. The topological polar surface area (TPSA) is 91.9 Å². The van der Waals surface area contributed by atoms with E-state index in [2.05, 4.69) is 31.7 Å². The van der Waals surface area contributed by atoms with Crippen LogP contribution in [0.3, 0.4) is 0 Å². The molecule has 0 saturated carbocycles. The number of hydrogen-bond acceptors (Lipinski definition) is 5. The van der Waals surface area contributed by atoms with E-state index >= 15 is 0 Å². The van der Waals surface area contributed by atoms with Gasteiger partial charge in [0.1, 0.15) is 6.10 Å². The molecule has 7 nitrogen and oxygen atoms in total. The second kappa shape index (κ2) is 8.67. The Labute approximate surface area is 179 Å². The van der Waals surface area contributed by atoms with Crippen molar-refractivity contribution in [3.8, 4) is 11.1 Å². The van der Waals surface area contributed by atoms with Crippen LogP contribution in [0.1, 0.15) is 27.7 Å². The molecule has 156 valence electrons. The Bertz CT molecular complexity index is 1180. The van der Waals surface area contributed by atoms with Gasteiger partial charge in [-0.15, -0.1) is 0 Å². The Kier molecular flexibility index (Phi) is 5.43. The number of H-pyrrole nitrogens is 1. The van der Waals surface area contributed by atoms with E-state index in [1.54, 1.807) is 12.4 Å². The van der Waals surface area contributed by atoms with Gasteiger partial charge < -0.3 is 20.4 Å². The summed E-state index contributed by atoms with van der Waals surface area (Å²) in [5, 5.41) is 7.31. The number of carbonyl (C=O) groups excluding carboxylic acids is 1. The van der Waals surface area contributed by atoms with Crippen LogP contribution in [0.15, 0.2) is 67.3 Å². The molecule has 0 radical (unpaired) electrons. The third-order valence-electron chi connectivity index (χ3n) is 5.47. The van der Waals surface area contributed by atoms with E-state index in [4.69, 9.17) is 4.74 Å². The summed E-state index contributed by atoms with van der Waals surface area (Å²) in [6.45, 7) is 2.81. The minimum atomic E-state index is -0.117. The molecule has 1 fully saturated rings. The highest BCUT2D eigenvalue weighted by molar-refractivity contribution is 6.01. The molecule has 1 aliphatic rings. The van der Waals surface area contributed by atoms with Crippen molar-refractivity contribution >= 4 is 16.8 Å². The van der Waals surface area contributed by atoms with Crippen LogP contribution in [-0.2, 0) is 11.3 Å². The van der Waals surface area contributed by atoms with Crippen molar-refractivity contribution in [2.45, 2.75) is 12.6 Å². The molecular weight excluding hydrogens is 390 g/mol. The van der Waals surface area contributed by atoms with Gasteiger partial charge in [0.25, 0.3) is 5.91 Å². The lowest BCUT2D eigenvalue weighted by atomic mass is 10.0. The zero-order chi connectivity index (χ0) is 21.0. The fraction of sp³-hybridized carbons (Fsp3) is 0.208. The van der Waals surface area contributed by atoms with Crippen molar-refractivity contribution in [3.05, 3.63) is 84.1 Å². The number of ether oxygens (including phenoxy) is 1. The van der Waals surface area contributed by atoms with Crippen molar-refractivity contribution in [3.63, 3.8) is 0 Å². The number of benzene rings is 1. The number of aromatic nitrogens is 3. The predicted molar refractivity (Wildman–Crippen MR) is 118 cm³/mol. The summed E-state index contributed by atoms with van der Waals surface area (Å²) in [5.74, 6) is -0.117. The maximum absolute atomic E-state index is 12.6. The minimum Gasteiger partial charge on any atom is -0.369 e. The van der Waals surface area contributed by atoms with Gasteiger partial charge >= 0.3 is 0 Å². The average Bonchev–Trinajstić information content (AvgIpc) is 3.27. The third-order valence-corrected chi connectivity index (χ3v) is 5.47. The lowest BCUT2D eigenvalue weighted by Gasteiger charge is -2.23. The number of pyridine rings is 2. The standard InChI is InChI=1S/C24H23N5O2/c30-24(29-12-16-2-1-7-25-11-16)17-3-5-19-20(14-28-22(19)10-17)18-4-6-21(27-13-18)23-15-26-8-9-31-23/h1-7,10-11,13-14,23,26,28H,8-9,12,15H2,(H,29,30). The summed E-state index contributed by atoms with van der Waals surface area (Å²) in [7, 11) is 0. The number of aromatic amines is 1. The van der Waals surface area contributed by atoms with E-state index in [1.165, 1.54) is 0 Å². The summed E-state index contributed by atoms with van der Waals surface area (Å²) in [5.41, 5.74) is 5.49. The lowest BCUT2D eigenvalue weighted by molar-refractivity contribution is 0.0250. The first kappa shape index (κ1) is 19.4. The van der Waals surface area contributed by atoms with E-state index < -0.39 is 0 Å². The van der Waals surface area contributed by atoms with Crippen molar-refractivity contribution < 1.29 is 9.53 Å². The molecule has 1 saturated heterocycles. The Hall–Kier alpha value is -3.55. The molecule has 5 rings (SSSR count). The van der Waals surface area contributed by atoms with Crippen LogP contribution in [0.5, 0.6) is 0 Å². The number of fused-ring (bicyclic) bond motifs is 1. The van der Waals surface area contributed by atoms with Crippen LogP contribution < -0.4 is 10.6 Å². The van der Waals surface area contributed by atoms with Gasteiger partial charge in [0, 0.05) is 72.0 Å². The Morgan fingerprint density at radius 1 is 1.19 bits per heavy atom. The molecular formula is C24H23N5O2. The van der Waals surface area contributed by atoms with E-state index in [1.807, 2.05) is 48.8 Å². The average molecular weight is 413 g/mol. The van der Waals surface area contributed by atoms with Crippen molar-refractivity contribution in [1.82, 2.24) is 25.6 Å². The maximum Gasteiger partial charge on any atom is 0.251 e. The van der Waals surface area contributed by atoms with Gasteiger partial charge in [0.15, 0.2) is 0 Å². The maximum atomic E-state index is 12.6. The molecule has 1 atom stereocenters. The molecule has 1 aliphatic heterocycles. The van der Waals surface area contributed by atoms with Crippen LogP contribution in [-0.4, -0.2) is 40.6 Å². The minimum absolute atomic E-state index is 0.00138. The largest absolute Gasteiger partial charge is 0.369 e. The molecule has 4 heterocycles. The summed E-state index contributed by atoms with van der Waals surface area (Å²) in [4.78, 5) is 24.5. The zero-order valence-corrected chi connectivity index (χ0v) is 17.0. The highest BCUT2D eigenvalue weighted by Crippen LogP contribution is 2.29. The van der Waals surface area contributed by atoms with E-state index in [-0.39, 0.29) is 12.0 Å². The molecule has 7 heteroatoms. The Morgan fingerprint density at radius 3 is 2.94 bits per heavy atom. The second-order valence-electron chi connectivity index (χ2n) is 7.54. The van der Waals surface area contributed by atoms with Gasteiger partial charge in [-0.1, -0.05) is 18.2 Å². The predicted octanol–water partition coefficient (Wildman–Crippen LogP) is 3.22. The van der Waals surface area contributed by atoms with Gasteiger partial charge in [-0.3, -0.25) is 14.8 Å². The monoisotopic (exact) mass is 413 g/mol. The fourth-order valence-electron chi connectivity index (χ4n) is 3.80. The van der Waals surface area contributed by atoms with E-state index in [0.29, 0.717) is 18.7 Å². The van der Waals surface area contributed by atoms with Gasteiger partial charge in [-0.25, -0.2) is 0 Å². The molecule has 1 aromatic carbocycles. The van der Waals surface area contributed by atoms with Gasteiger partial charge in [0.2, 0.25) is 0 Å². The van der Waals surface area contributed by atoms with Crippen LogP contribution in [0, 0.1) is 0 Å². The molecule has 0 aliphatic carbocycles. The molecule has 1 amide bonds. The molecule has 0 bridgehead atoms. The number of nitrogens with zero attached hydrogens (tertiary/aromatic N) is 2. The number of carbonyl (C=O) groups is 1. The number of rotatable bonds is 5. The molecule has 3 N–H and O–H groups in total. The van der Waals surface area contributed by atoms with Gasteiger partial charge in [0.05, 0.1) is 12.3 Å². The van der Waals surface area contributed by atoms with Crippen molar-refractivity contribution in [2.75, 3.05) is 19.7 Å². The molecule has 4 aromatic rings. The Morgan fingerprint density at radius 2 is 2.16 bits per heavy atom. The highest BCUT2D eigenvalue weighted by Gasteiger charge is 2.17. The molecule has 0 spiro atoms. The first-order valence-corrected chi connectivity index (χ1v) is 10.3. The summed E-state index contributed by atoms with van der Waals surface area (Å²) in [6.07, 6.45) is 7.30. The summed E-state index contributed by atoms with van der Waals surface area (Å²) >= 11 is 0. The molecule has 31 heavy (non-hydrogen) atoms. The number of nitrogens with one attached hydrogen (secondary N) is 3. The van der Waals surface area contributed by atoms with Gasteiger partial charge in [-0.05, 0) is 29.8 Å². The van der Waals surface area contributed by atoms with Crippen LogP contribution in [0.25, 0.3) is 22.0 Å². The quantitative estimate of drug-likeness (QED) is 0.467.